The lowest BCUT2D eigenvalue weighted by Crippen LogP contribution is -2.20. The number of carbonyl (C=O) groups excluding carboxylic acids is 1. The number of nitrogens with one attached hydrogen (secondary N) is 1. The lowest BCUT2D eigenvalue weighted by atomic mass is 10.1. The van der Waals surface area contributed by atoms with Gasteiger partial charge in [-0.1, -0.05) is 20.3 Å². The molecule has 16 heavy (non-hydrogen) atoms. The molecule has 0 spiro atoms. The van der Waals surface area contributed by atoms with Crippen LogP contribution in [0.4, 0.5) is 15.8 Å². The lowest BCUT2D eigenvalue weighted by Gasteiger charge is -2.11. The summed E-state index contributed by atoms with van der Waals surface area (Å²) in [6.07, 6.45) is 1.79. The summed E-state index contributed by atoms with van der Waals surface area (Å²) < 4.78 is 12.9. The molecular formula is C12H17FN2O. The van der Waals surface area contributed by atoms with Crippen LogP contribution < -0.4 is 11.1 Å². The van der Waals surface area contributed by atoms with Crippen molar-refractivity contribution in [2.45, 2.75) is 26.7 Å². The van der Waals surface area contributed by atoms with Gasteiger partial charge in [0.25, 0.3) is 0 Å². The standard InChI is InChI=1S/C12H17FN2O/c1-3-4-8(2)12(16)15-9-5-6-10(13)11(14)7-9/h5-8H,3-4,14H2,1-2H3,(H,15,16). The SMILES string of the molecule is CCCC(C)C(=O)Nc1ccc(F)c(N)c1. The summed E-state index contributed by atoms with van der Waals surface area (Å²) in [6.45, 7) is 3.89. The summed E-state index contributed by atoms with van der Waals surface area (Å²) in [5.41, 5.74) is 5.98. The smallest absolute Gasteiger partial charge is 0.227 e. The fourth-order valence-electron chi connectivity index (χ4n) is 1.45. The van der Waals surface area contributed by atoms with Crippen LogP contribution in [-0.2, 0) is 4.79 Å². The normalized spacial score (nSPS) is 12.2. The molecule has 1 rings (SSSR count). The third kappa shape index (κ3) is 3.22. The van der Waals surface area contributed by atoms with Crippen LogP contribution in [0, 0.1) is 11.7 Å². The Morgan fingerprint density at radius 2 is 2.25 bits per heavy atom. The number of halogens is 1. The number of hydrogen-bond acceptors (Lipinski definition) is 2. The molecule has 4 heteroatoms. The molecule has 0 heterocycles. The van der Waals surface area contributed by atoms with Crippen LogP contribution in [0.15, 0.2) is 18.2 Å². The van der Waals surface area contributed by atoms with Crippen LogP contribution >= 0.6 is 0 Å². The van der Waals surface area contributed by atoms with Crippen molar-refractivity contribution < 1.29 is 9.18 Å². The van der Waals surface area contributed by atoms with Gasteiger partial charge in [-0.15, -0.1) is 0 Å². The van der Waals surface area contributed by atoms with Crippen molar-refractivity contribution in [2.75, 3.05) is 11.1 Å². The van der Waals surface area contributed by atoms with Crippen LogP contribution in [0.5, 0.6) is 0 Å². The molecule has 0 radical (unpaired) electrons. The summed E-state index contributed by atoms with van der Waals surface area (Å²) >= 11 is 0. The first-order chi connectivity index (χ1) is 7.54. The zero-order valence-electron chi connectivity index (χ0n) is 9.59. The topological polar surface area (TPSA) is 55.1 Å². The van der Waals surface area contributed by atoms with E-state index in [0.29, 0.717) is 5.69 Å². The van der Waals surface area contributed by atoms with E-state index in [1.54, 1.807) is 0 Å². The van der Waals surface area contributed by atoms with Gasteiger partial charge in [-0.2, -0.15) is 0 Å². The Hall–Kier alpha value is -1.58. The highest BCUT2D eigenvalue weighted by atomic mass is 19.1. The van der Waals surface area contributed by atoms with Crippen LogP contribution in [0.3, 0.4) is 0 Å². The van der Waals surface area contributed by atoms with Gasteiger partial charge in [-0.3, -0.25) is 4.79 Å². The Balaban J connectivity index is 2.66. The van der Waals surface area contributed by atoms with Gasteiger partial charge in [0.15, 0.2) is 0 Å². The van der Waals surface area contributed by atoms with Crippen molar-refractivity contribution in [3.05, 3.63) is 24.0 Å². The van der Waals surface area contributed by atoms with E-state index < -0.39 is 5.82 Å². The van der Waals surface area contributed by atoms with E-state index >= 15 is 0 Å². The Labute approximate surface area is 94.8 Å². The molecule has 1 aromatic carbocycles. The summed E-state index contributed by atoms with van der Waals surface area (Å²) in [5, 5.41) is 2.71. The van der Waals surface area contributed by atoms with Gasteiger partial charge in [0.05, 0.1) is 5.69 Å². The number of nitrogen functional groups attached to an aromatic ring is 1. The maximum atomic E-state index is 12.9. The summed E-state index contributed by atoms with van der Waals surface area (Å²) in [7, 11) is 0. The molecular weight excluding hydrogens is 207 g/mol. The van der Waals surface area contributed by atoms with Gasteiger partial charge in [-0.25, -0.2) is 4.39 Å². The third-order valence-electron chi connectivity index (χ3n) is 2.43. The van der Waals surface area contributed by atoms with E-state index in [0.717, 1.165) is 12.8 Å². The summed E-state index contributed by atoms with van der Waals surface area (Å²) in [5.74, 6) is -0.580. The molecule has 1 unspecified atom stereocenters. The van der Waals surface area contributed by atoms with Gasteiger partial charge in [0.1, 0.15) is 5.82 Å². The predicted molar refractivity (Wildman–Crippen MR) is 63.5 cm³/mol. The molecule has 1 atom stereocenters. The number of carbonyl (C=O) groups is 1. The second-order valence-electron chi connectivity index (χ2n) is 3.92. The zero-order valence-corrected chi connectivity index (χ0v) is 9.59. The van der Waals surface area contributed by atoms with Crippen LogP contribution in [0.2, 0.25) is 0 Å². The van der Waals surface area contributed by atoms with E-state index in [1.165, 1.54) is 18.2 Å². The van der Waals surface area contributed by atoms with Gasteiger partial charge >= 0.3 is 0 Å². The Morgan fingerprint density at radius 1 is 1.56 bits per heavy atom. The number of benzene rings is 1. The molecule has 88 valence electrons. The average molecular weight is 224 g/mol. The van der Waals surface area contributed by atoms with Crippen LogP contribution in [0.25, 0.3) is 0 Å². The lowest BCUT2D eigenvalue weighted by molar-refractivity contribution is -0.119. The molecule has 0 saturated carbocycles. The number of nitrogens with two attached hydrogens (primary N) is 1. The molecule has 0 aliphatic heterocycles. The monoisotopic (exact) mass is 224 g/mol. The van der Waals surface area contributed by atoms with Crippen LogP contribution in [0.1, 0.15) is 26.7 Å². The predicted octanol–water partition coefficient (Wildman–Crippen LogP) is 2.78. The first kappa shape index (κ1) is 12.5. The van der Waals surface area contributed by atoms with Crippen molar-refractivity contribution in [3.8, 4) is 0 Å². The number of rotatable bonds is 4. The summed E-state index contributed by atoms with van der Waals surface area (Å²) in [4.78, 5) is 11.7. The van der Waals surface area contributed by atoms with Crippen molar-refractivity contribution in [3.63, 3.8) is 0 Å². The molecule has 3 nitrogen and oxygen atoms in total. The van der Waals surface area contributed by atoms with E-state index in [1.807, 2.05) is 13.8 Å². The number of anilines is 2. The fourth-order valence-corrected chi connectivity index (χ4v) is 1.45. The molecule has 0 aromatic heterocycles. The maximum absolute atomic E-state index is 12.9. The second kappa shape index (κ2) is 5.49. The van der Waals surface area contributed by atoms with Crippen LogP contribution in [-0.4, -0.2) is 5.91 Å². The molecule has 3 N–H and O–H groups in total. The number of amides is 1. The molecule has 0 fully saturated rings. The zero-order chi connectivity index (χ0) is 12.1. The minimum Gasteiger partial charge on any atom is -0.396 e. The largest absolute Gasteiger partial charge is 0.396 e. The maximum Gasteiger partial charge on any atom is 0.227 e. The van der Waals surface area contributed by atoms with E-state index in [9.17, 15) is 9.18 Å². The minimum absolute atomic E-state index is 0.0425. The quantitative estimate of drug-likeness (QED) is 0.773. The molecule has 0 saturated heterocycles. The molecule has 0 aliphatic carbocycles. The van der Waals surface area contributed by atoms with Gasteiger partial charge in [0.2, 0.25) is 5.91 Å². The minimum atomic E-state index is -0.473. The number of hydrogen-bond donors (Lipinski definition) is 2. The highest BCUT2D eigenvalue weighted by Crippen LogP contribution is 2.17. The van der Waals surface area contributed by atoms with Crippen molar-refractivity contribution >= 4 is 17.3 Å². The highest BCUT2D eigenvalue weighted by Gasteiger charge is 2.12. The first-order valence-electron chi connectivity index (χ1n) is 5.40. The van der Waals surface area contributed by atoms with Gasteiger partial charge in [-0.05, 0) is 24.6 Å². The van der Waals surface area contributed by atoms with Crippen molar-refractivity contribution in [1.29, 1.82) is 0 Å². The Morgan fingerprint density at radius 3 is 2.81 bits per heavy atom. The third-order valence-corrected chi connectivity index (χ3v) is 2.43. The first-order valence-corrected chi connectivity index (χ1v) is 5.40. The molecule has 0 aliphatic rings. The fraction of sp³-hybridized carbons (Fsp3) is 0.417. The summed E-state index contributed by atoms with van der Waals surface area (Å²) in [6, 6.07) is 4.17. The average Bonchev–Trinajstić information content (AvgIpc) is 2.24. The van der Waals surface area contributed by atoms with Crippen molar-refractivity contribution in [1.82, 2.24) is 0 Å². The molecule has 1 aromatic rings. The Kier molecular flexibility index (Phi) is 4.28. The van der Waals surface area contributed by atoms with E-state index in [4.69, 9.17) is 5.73 Å². The molecule has 0 bridgehead atoms. The van der Waals surface area contributed by atoms with E-state index in [-0.39, 0.29) is 17.5 Å². The highest BCUT2D eigenvalue weighted by molar-refractivity contribution is 5.92. The van der Waals surface area contributed by atoms with Gasteiger partial charge in [0, 0.05) is 11.6 Å². The van der Waals surface area contributed by atoms with Gasteiger partial charge < -0.3 is 11.1 Å². The Bertz CT molecular complexity index is 379. The molecule has 1 amide bonds. The van der Waals surface area contributed by atoms with E-state index in [2.05, 4.69) is 5.32 Å². The van der Waals surface area contributed by atoms with Crippen molar-refractivity contribution in [2.24, 2.45) is 5.92 Å². The second-order valence-corrected chi connectivity index (χ2v) is 3.92.